The van der Waals surface area contributed by atoms with Crippen molar-refractivity contribution in [3.8, 4) is 11.4 Å². The molecule has 0 saturated heterocycles. The van der Waals surface area contributed by atoms with Gasteiger partial charge in [0.2, 0.25) is 0 Å². The van der Waals surface area contributed by atoms with Gasteiger partial charge in [-0.2, -0.15) is 0 Å². The van der Waals surface area contributed by atoms with E-state index in [1.54, 1.807) is 11.3 Å². The molecular formula is C19H19ClN4S. The van der Waals surface area contributed by atoms with Gasteiger partial charge in [0.05, 0.1) is 16.4 Å². The molecule has 3 aromatic rings. The first-order chi connectivity index (χ1) is 12.1. The smallest absolute Gasteiger partial charge is 0.159 e. The molecule has 0 unspecified atom stereocenters. The fraction of sp³-hybridized carbons (Fsp3) is 0.316. The Labute approximate surface area is 156 Å². The zero-order chi connectivity index (χ0) is 17.4. The van der Waals surface area contributed by atoms with Crippen molar-refractivity contribution in [3.63, 3.8) is 0 Å². The van der Waals surface area contributed by atoms with E-state index in [4.69, 9.17) is 16.6 Å². The van der Waals surface area contributed by atoms with Gasteiger partial charge in [0, 0.05) is 41.3 Å². The summed E-state index contributed by atoms with van der Waals surface area (Å²) < 4.78 is 0. The predicted octanol–water partition coefficient (Wildman–Crippen LogP) is 4.43. The average molecular weight is 371 g/mol. The van der Waals surface area contributed by atoms with Crippen LogP contribution in [0.2, 0.25) is 5.02 Å². The van der Waals surface area contributed by atoms with Crippen molar-refractivity contribution >= 4 is 22.9 Å². The molecule has 0 saturated carbocycles. The van der Waals surface area contributed by atoms with Gasteiger partial charge < -0.3 is 0 Å². The van der Waals surface area contributed by atoms with Crippen molar-refractivity contribution < 1.29 is 0 Å². The normalized spacial score (nSPS) is 14.5. The second-order valence-electron chi connectivity index (χ2n) is 6.37. The zero-order valence-corrected chi connectivity index (χ0v) is 15.9. The first-order valence-corrected chi connectivity index (χ1v) is 9.54. The Morgan fingerprint density at radius 3 is 2.68 bits per heavy atom. The molecular weight excluding hydrogens is 352 g/mol. The second kappa shape index (κ2) is 6.83. The van der Waals surface area contributed by atoms with Crippen molar-refractivity contribution in [3.05, 3.63) is 62.3 Å². The number of benzene rings is 1. The molecule has 4 rings (SSSR count). The topological polar surface area (TPSA) is 41.9 Å². The van der Waals surface area contributed by atoms with E-state index in [0.29, 0.717) is 0 Å². The van der Waals surface area contributed by atoms with E-state index >= 15 is 0 Å². The highest BCUT2D eigenvalue weighted by atomic mass is 35.5. The molecule has 6 heteroatoms. The summed E-state index contributed by atoms with van der Waals surface area (Å²) in [4.78, 5) is 17.7. The summed E-state index contributed by atoms with van der Waals surface area (Å²) >= 11 is 7.77. The van der Waals surface area contributed by atoms with Gasteiger partial charge in [-0.1, -0.05) is 11.6 Å². The Hall–Kier alpha value is -1.82. The molecule has 25 heavy (non-hydrogen) atoms. The van der Waals surface area contributed by atoms with E-state index in [1.165, 1.54) is 10.4 Å². The van der Waals surface area contributed by atoms with Crippen molar-refractivity contribution in [2.45, 2.75) is 33.4 Å². The SMILES string of the molecule is Cc1nc(C)c(CN2CCc3cnc(-c4ccc(Cl)cc4)nc3C2)s1. The van der Waals surface area contributed by atoms with Gasteiger partial charge in [-0.05, 0) is 50.1 Å². The summed E-state index contributed by atoms with van der Waals surface area (Å²) in [6.45, 7) is 6.99. The number of hydrogen-bond acceptors (Lipinski definition) is 5. The van der Waals surface area contributed by atoms with Crippen LogP contribution in [0.4, 0.5) is 0 Å². The Morgan fingerprint density at radius 2 is 1.96 bits per heavy atom. The maximum Gasteiger partial charge on any atom is 0.159 e. The van der Waals surface area contributed by atoms with Gasteiger partial charge >= 0.3 is 0 Å². The Balaban J connectivity index is 1.56. The minimum absolute atomic E-state index is 0.725. The van der Waals surface area contributed by atoms with E-state index in [9.17, 15) is 0 Å². The van der Waals surface area contributed by atoms with E-state index < -0.39 is 0 Å². The minimum atomic E-state index is 0.725. The first-order valence-electron chi connectivity index (χ1n) is 8.34. The number of thiazole rings is 1. The van der Waals surface area contributed by atoms with Crippen molar-refractivity contribution in [1.82, 2.24) is 19.9 Å². The van der Waals surface area contributed by atoms with Crippen LogP contribution in [0.3, 0.4) is 0 Å². The fourth-order valence-electron chi connectivity index (χ4n) is 3.15. The number of fused-ring (bicyclic) bond motifs is 1. The monoisotopic (exact) mass is 370 g/mol. The van der Waals surface area contributed by atoms with Crippen molar-refractivity contribution in [2.24, 2.45) is 0 Å². The Kier molecular flexibility index (Phi) is 4.54. The molecule has 1 aromatic carbocycles. The molecule has 1 aliphatic rings. The summed E-state index contributed by atoms with van der Waals surface area (Å²) in [5, 5.41) is 1.86. The van der Waals surface area contributed by atoms with Gasteiger partial charge in [-0.15, -0.1) is 11.3 Å². The van der Waals surface area contributed by atoms with Crippen LogP contribution in [-0.4, -0.2) is 26.4 Å². The maximum absolute atomic E-state index is 5.97. The van der Waals surface area contributed by atoms with Gasteiger partial charge in [0.1, 0.15) is 0 Å². The number of rotatable bonds is 3. The lowest BCUT2D eigenvalue weighted by atomic mass is 10.1. The van der Waals surface area contributed by atoms with Crippen LogP contribution in [-0.2, 0) is 19.5 Å². The second-order valence-corrected chi connectivity index (χ2v) is 8.10. The quantitative estimate of drug-likeness (QED) is 0.684. The minimum Gasteiger partial charge on any atom is -0.292 e. The zero-order valence-electron chi connectivity index (χ0n) is 14.3. The third-order valence-corrected chi connectivity index (χ3v) is 5.80. The van der Waals surface area contributed by atoms with E-state index in [1.807, 2.05) is 30.5 Å². The lowest BCUT2D eigenvalue weighted by Gasteiger charge is -2.27. The highest BCUT2D eigenvalue weighted by Gasteiger charge is 2.20. The van der Waals surface area contributed by atoms with Gasteiger partial charge in [-0.25, -0.2) is 15.0 Å². The predicted molar refractivity (Wildman–Crippen MR) is 102 cm³/mol. The molecule has 4 nitrogen and oxygen atoms in total. The van der Waals surface area contributed by atoms with Crippen LogP contribution in [0.1, 0.15) is 26.8 Å². The van der Waals surface area contributed by atoms with E-state index in [-0.39, 0.29) is 0 Å². The summed E-state index contributed by atoms with van der Waals surface area (Å²) in [6, 6.07) is 7.68. The third-order valence-electron chi connectivity index (χ3n) is 4.49. The van der Waals surface area contributed by atoms with Crippen molar-refractivity contribution in [2.75, 3.05) is 6.54 Å². The average Bonchev–Trinajstić information content (AvgIpc) is 2.92. The fourth-order valence-corrected chi connectivity index (χ4v) is 4.26. The van der Waals surface area contributed by atoms with Gasteiger partial charge in [0.25, 0.3) is 0 Å². The molecule has 0 atom stereocenters. The molecule has 3 heterocycles. The molecule has 0 spiro atoms. The van der Waals surface area contributed by atoms with E-state index in [2.05, 4.69) is 28.7 Å². The molecule has 0 N–H and O–H groups in total. The largest absolute Gasteiger partial charge is 0.292 e. The molecule has 0 aliphatic carbocycles. The van der Waals surface area contributed by atoms with Crippen LogP contribution >= 0.6 is 22.9 Å². The van der Waals surface area contributed by atoms with Gasteiger partial charge in [0.15, 0.2) is 5.82 Å². The van der Waals surface area contributed by atoms with Crippen LogP contribution < -0.4 is 0 Å². The third kappa shape index (κ3) is 3.59. The molecule has 0 amide bonds. The Morgan fingerprint density at radius 1 is 1.16 bits per heavy atom. The molecule has 1 aliphatic heterocycles. The number of hydrogen-bond donors (Lipinski definition) is 0. The number of aryl methyl sites for hydroxylation is 2. The van der Waals surface area contributed by atoms with Crippen LogP contribution in [0, 0.1) is 13.8 Å². The Bertz CT molecular complexity index is 904. The van der Waals surface area contributed by atoms with Gasteiger partial charge in [-0.3, -0.25) is 4.90 Å². The van der Waals surface area contributed by atoms with Crippen LogP contribution in [0.25, 0.3) is 11.4 Å². The number of halogens is 1. The number of aromatic nitrogens is 3. The highest BCUT2D eigenvalue weighted by molar-refractivity contribution is 7.11. The summed E-state index contributed by atoms with van der Waals surface area (Å²) in [5.74, 6) is 0.766. The number of nitrogens with zero attached hydrogens (tertiary/aromatic N) is 4. The summed E-state index contributed by atoms with van der Waals surface area (Å²) in [6.07, 6.45) is 2.97. The summed E-state index contributed by atoms with van der Waals surface area (Å²) in [5.41, 5.74) is 4.53. The van der Waals surface area contributed by atoms with Crippen LogP contribution in [0.15, 0.2) is 30.5 Å². The molecule has 0 bridgehead atoms. The highest BCUT2D eigenvalue weighted by Crippen LogP contribution is 2.25. The molecule has 0 radical (unpaired) electrons. The first kappa shape index (κ1) is 16.6. The molecule has 2 aromatic heterocycles. The van der Waals surface area contributed by atoms with Crippen LogP contribution in [0.5, 0.6) is 0 Å². The standard InChI is InChI=1S/C19H19ClN4S/c1-12-18(25-13(2)22-12)11-24-8-7-15-9-21-19(23-17(15)10-24)14-3-5-16(20)6-4-14/h3-6,9H,7-8,10-11H2,1-2H3. The van der Waals surface area contributed by atoms with Crippen molar-refractivity contribution in [1.29, 1.82) is 0 Å². The summed E-state index contributed by atoms with van der Waals surface area (Å²) in [7, 11) is 0. The van der Waals surface area contributed by atoms with E-state index in [0.717, 1.165) is 58.9 Å². The molecule has 0 fully saturated rings. The lowest BCUT2D eigenvalue weighted by Crippen LogP contribution is -2.31. The molecule has 128 valence electrons. The lowest BCUT2D eigenvalue weighted by molar-refractivity contribution is 0.243. The maximum atomic E-state index is 5.97.